The molecule has 7 nitrogen and oxygen atoms in total. The quantitative estimate of drug-likeness (QED) is 0.891. The summed E-state index contributed by atoms with van der Waals surface area (Å²) in [6.07, 6.45) is 1.41. The van der Waals surface area contributed by atoms with Gasteiger partial charge >= 0.3 is 0 Å². The van der Waals surface area contributed by atoms with Crippen molar-refractivity contribution in [3.63, 3.8) is 0 Å². The van der Waals surface area contributed by atoms with E-state index in [1.807, 2.05) is 13.8 Å². The molecule has 1 aliphatic rings. The van der Waals surface area contributed by atoms with Gasteiger partial charge in [-0.2, -0.15) is 0 Å². The van der Waals surface area contributed by atoms with Gasteiger partial charge in [-0.15, -0.1) is 0 Å². The maximum Gasteiger partial charge on any atom is 0.272 e. The largest absolute Gasteiger partial charge is 0.378 e. The van der Waals surface area contributed by atoms with Gasteiger partial charge in [0.1, 0.15) is 17.6 Å². The number of hydrogen-bond acceptors (Lipinski definition) is 5. The van der Waals surface area contributed by atoms with Crippen LogP contribution in [0.15, 0.2) is 6.20 Å². The van der Waals surface area contributed by atoms with Crippen molar-refractivity contribution < 1.29 is 14.3 Å². The summed E-state index contributed by atoms with van der Waals surface area (Å²) in [4.78, 5) is 34.6. The SMILES string of the molecule is CC(NC(=O)c1nc(C(C)C)ncc1Cl)C(=O)N1CCOCC1. The van der Waals surface area contributed by atoms with E-state index in [9.17, 15) is 9.59 Å². The molecule has 2 heterocycles. The molecule has 0 saturated carbocycles. The Bertz CT molecular complexity index is 588. The van der Waals surface area contributed by atoms with E-state index in [4.69, 9.17) is 16.3 Å². The van der Waals surface area contributed by atoms with Crippen LogP contribution in [0.25, 0.3) is 0 Å². The number of morpholine rings is 1. The number of amides is 2. The van der Waals surface area contributed by atoms with E-state index in [0.29, 0.717) is 32.1 Å². The summed E-state index contributed by atoms with van der Waals surface area (Å²) >= 11 is 6.01. The van der Waals surface area contributed by atoms with Crippen LogP contribution in [0.5, 0.6) is 0 Å². The Balaban J connectivity index is 2.06. The van der Waals surface area contributed by atoms with Crippen LogP contribution in [-0.4, -0.2) is 59.0 Å². The van der Waals surface area contributed by atoms with Gasteiger partial charge < -0.3 is 15.0 Å². The standard InChI is InChI=1S/C15H21ClN4O3/c1-9(2)13-17-8-11(16)12(19-13)14(21)18-10(3)15(22)20-4-6-23-7-5-20/h8-10H,4-7H2,1-3H3,(H,18,21). The second kappa shape index (κ2) is 7.70. The Labute approximate surface area is 140 Å². The van der Waals surface area contributed by atoms with E-state index < -0.39 is 11.9 Å². The summed E-state index contributed by atoms with van der Waals surface area (Å²) in [5.74, 6) is -0.0118. The first-order valence-electron chi connectivity index (χ1n) is 7.60. The lowest BCUT2D eigenvalue weighted by Crippen LogP contribution is -2.50. The highest BCUT2D eigenvalue weighted by Gasteiger charge is 2.25. The van der Waals surface area contributed by atoms with Gasteiger partial charge in [0.2, 0.25) is 5.91 Å². The smallest absolute Gasteiger partial charge is 0.272 e. The number of aromatic nitrogens is 2. The minimum absolute atomic E-state index is 0.0752. The van der Waals surface area contributed by atoms with E-state index >= 15 is 0 Å². The number of nitrogens with zero attached hydrogens (tertiary/aromatic N) is 3. The van der Waals surface area contributed by atoms with Gasteiger partial charge in [-0.1, -0.05) is 25.4 Å². The lowest BCUT2D eigenvalue weighted by molar-refractivity contribution is -0.136. The van der Waals surface area contributed by atoms with Crippen molar-refractivity contribution in [3.05, 3.63) is 22.7 Å². The van der Waals surface area contributed by atoms with Gasteiger partial charge in [-0.05, 0) is 6.92 Å². The summed E-state index contributed by atoms with van der Waals surface area (Å²) in [6, 6.07) is -0.658. The van der Waals surface area contributed by atoms with E-state index in [-0.39, 0.29) is 22.5 Å². The average molecular weight is 341 g/mol. The van der Waals surface area contributed by atoms with Gasteiger partial charge in [-0.25, -0.2) is 9.97 Å². The van der Waals surface area contributed by atoms with E-state index in [2.05, 4.69) is 15.3 Å². The molecule has 1 unspecified atom stereocenters. The molecular formula is C15H21ClN4O3. The molecular weight excluding hydrogens is 320 g/mol. The van der Waals surface area contributed by atoms with Crippen molar-refractivity contribution in [2.24, 2.45) is 0 Å². The highest BCUT2D eigenvalue weighted by atomic mass is 35.5. The summed E-state index contributed by atoms with van der Waals surface area (Å²) in [5.41, 5.74) is 0.0898. The normalized spacial score (nSPS) is 16.3. The molecule has 0 radical (unpaired) electrons. The molecule has 126 valence electrons. The number of nitrogens with one attached hydrogen (secondary N) is 1. The zero-order valence-electron chi connectivity index (χ0n) is 13.5. The van der Waals surface area contributed by atoms with E-state index in [1.54, 1.807) is 11.8 Å². The van der Waals surface area contributed by atoms with Gasteiger partial charge in [-0.3, -0.25) is 9.59 Å². The number of ether oxygens (including phenoxy) is 1. The fraction of sp³-hybridized carbons (Fsp3) is 0.600. The van der Waals surface area contributed by atoms with Crippen molar-refractivity contribution in [2.75, 3.05) is 26.3 Å². The summed E-state index contributed by atoms with van der Waals surface area (Å²) in [5, 5.41) is 2.82. The van der Waals surface area contributed by atoms with Crippen LogP contribution >= 0.6 is 11.6 Å². The molecule has 2 amide bonds. The third kappa shape index (κ3) is 4.39. The first-order valence-corrected chi connectivity index (χ1v) is 7.97. The maximum atomic E-state index is 12.4. The average Bonchev–Trinajstić information content (AvgIpc) is 2.54. The highest BCUT2D eigenvalue weighted by molar-refractivity contribution is 6.33. The monoisotopic (exact) mass is 340 g/mol. The van der Waals surface area contributed by atoms with Crippen molar-refractivity contribution in [2.45, 2.75) is 32.7 Å². The van der Waals surface area contributed by atoms with E-state index in [1.165, 1.54) is 6.20 Å². The molecule has 8 heteroatoms. The third-order valence-corrected chi connectivity index (χ3v) is 3.81. The topological polar surface area (TPSA) is 84.4 Å². The second-order valence-corrected chi connectivity index (χ2v) is 6.12. The maximum absolute atomic E-state index is 12.4. The van der Waals surface area contributed by atoms with Crippen molar-refractivity contribution in [3.8, 4) is 0 Å². The number of halogens is 1. The number of carbonyl (C=O) groups is 2. The first kappa shape index (κ1) is 17.6. The van der Waals surface area contributed by atoms with Crippen LogP contribution < -0.4 is 5.32 Å². The lowest BCUT2D eigenvalue weighted by atomic mass is 10.2. The third-order valence-electron chi connectivity index (χ3n) is 3.53. The lowest BCUT2D eigenvalue weighted by Gasteiger charge is -2.29. The van der Waals surface area contributed by atoms with Crippen molar-refractivity contribution in [1.82, 2.24) is 20.2 Å². The molecule has 2 rings (SSSR count). The zero-order valence-corrected chi connectivity index (χ0v) is 14.3. The van der Waals surface area contributed by atoms with Crippen LogP contribution in [0.2, 0.25) is 5.02 Å². The molecule has 1 aliphatic heterocycles. The zero-order chi connectivity index (χ0) is 17.0. The second-order valence-electron chi connectivity index (χ2n) is 5.71. The van der Waals surface area contributed by atoms with Crippen LogP contribution in [-0.2, 0) is 9.53 Å². The molecule has 1 aromatic rings. The van der Waals surface area contributed by atoms with Gasteiger partial charge in [0.05, 0.1) is 24.4 Å². The van der Waals surface area contributed by atoms with E-state index in [0.717, 1.165) is 0 Å². The van der Waals surface area contributed by atoms with Gasteiger partial charge in [0, 0.05) is 19.0 Å². The molecule has 0 aliphatic carbocycles. The van der Waals surface area contributed by atoms with Crippen LogP contribution in [0.4, 0.5) is 0 Å². The number of hydrogen-bond donors (Lipinski definition) is 1. The van der Waals surface area contributed by atoms with Gasteiger partial charge in [0.15, 0.2) is 0 Å². The molecule has 1 aromatic heterocycles. The van der Waals surface area contributed by atoms with Crippen LogP contribution in [0.3, 0.4) is 0 Å². The minimum atomic E-state index is -0.658. The van der Waals surface area contributed by atoms with Crippen LogP contribution in [0.1, 0.15) is 43.0 Å². The molecule has 1 saturated heterocycles. The number of rotatable bonds is 4. The molecule has 0 bridgehead atoms. The molecule has 1 N–H and O–H groups in total. The Kier molecular flexibility index (Phi) is 5.90. The predicted molar refractivity (Wildman–Crippen MR) is 85.5 cm³/mol. The summed E-state index contributed by atoms with van der Waals surface area (Å²) in [7, 11) is 0. The Hall–Kier alpha value is -1.73. The fourth-order valence-corrected chi connectivity index (χ4v) is 2.38. The molecule has 0 aromatic carbocycles. The summed E-state index contributed by atoms with van der Waals surface area (Å²) < 4.78 is 5.22. The highest BCUT2D eigenvalue weighted by Crippen LogP contribution is 2.16. The first-order chi connectivity index (χ1) is 10.9. The molecule has 0 spiro atoms. The molecule has 1 atom stereocenters. The fourth-order valence-electron chi connectivity index (χ4n) is 2.20. The Morgan fingerprint density at radius 1 is 1.30 bits per heavy atom. The van der Waals surface area contributed by atoms with Crippen molar-refractivity contribution >= 4 is 23.4 Å². The van der Waals surface area contributed by atoms with Crippen LogP contribution in [0, 0.1) is 0 Å². The minimum Gasteiger partial charge on any atom is -0.378 e. The molecule has 23 heavy (non-hydrogen) atoms. The Morgan fingerprint density at radius 3 is 2.57 bits per heavy atom. The summed E-state index contributed by atoms with van der Waals surface area (Å²) in [6.45, 7) is 7.60. The Morgan fingerprint density at radius 2 is 1.96 bits per heavy atom. The number of carbonyl (C=O) groups excluding carboxylic acids is 2. The molecule has 1 fully saturated rings. The van der Waals surface area contributed by atoms with Gasteiger partial charge in [0.25, 0.3) is 5.91 Å². The predicted octanol–water partition coefficient (Wildman–Crippen LogP) is 1.23. The van der Waals surface area contributed by atoms with Crippen molar-refractivity contribution in [1.29, 1.82) is 0 Å².